The van der Waals surface area contributed by atoms with Crippen LogP contribution < -0.4 is 9.47 Å². The predicted molar refractivity (Wildman–Crippen MR) is 125 cm³/mol. The number of amides is 1. The Balaban J connectivity index is 1.53. The summed E-state index contributed by atoms with van der Waals surface area (Å²) >= 11 is 1.47. The fourth-order valence-corrected chi connectivity index (χ4v) is 5.54. The first kappa shape index (κ1) is 20.2. The number of nitrogens with zero attached hydrogens (tertiary/aromatic N) is 2. The van der Waals surface area contributed by atoms with Gasteiger partial charge in [-0.05, 0) is 78.9 Å². The minimum absolute atomic E-state index is 0.0514. The first-order valence-electron chi connectivity index (χ1n) is 10.9. The van der Waals surface area contributed by atoms with E-state index in [1.807, 2.05) is 60.4 Å². The van der Waals surface area contributed by atoms with Crippen molar-refractivity contribution in [3.63, 3.8) is 0 Å². The second-order valence-corrected chi connectivity index (χ2v) is 9.42. The third kappa shape index (κ3) is 3.97. The molecule has 3 aliphatic rings. The number of aryl methyl sites for hydroxylation is 1. The molecule has 0 spiro atoms. The Hall–Kier alpha value is -2.73. The fourth-order valence-electron chi connectivity index (χ4n) is 4.51. The van der Waals surface area contributed by atoms with Crippen LogP contribution in [0.15, 0.2) is 52.4 Å². The Morgan fingerprint density at radius 1 is 1.10 bits per heavy atom. The van der Waals surface area contributed by atoms with Crippen LogP contribution in [0.5, 0.6) is 11.5 Å². The van der Waals surface area contributed by atoms with E-state index in [4.69, 9.17) is 14.5 Å². The number of hydrogen-bond donors (Lipinski definition) is 0. The van der Waals surface area contributed by atoms with Gasteiger partial charge in [-0.15, -0.1) is 0 Å². The van der Waals surface area contributed by atoms with E-state index in [0.717, 1.165) is 52.7 Å². The maximum atomic E-state index is 13.6. The molecule has 2 aromatic rings. The molecule has 31 heavy (non-hydrogen) atoms. The van der Waals surface area contributed by atoms with Gasteiger partial charge in [0.05, 0.1) is 10.6 Å². The first-order valence-corrected chi connectivity index (χ1v) is 11.7. The zero-order chi connectivity index (χ0) is 21.4. The summed E-state index contributed by atoms with van der Waals surface area (Å²) in [5.41, 5.74) is 2.89. The maximum absolute atomic E-state index is 13.6. The SMILES string of the molecule is Cc1cc2c(cc1/C=C1\SC(=Nc3ccccc3)N([C@H]3CCCC[C@H]3C)C1=O)OCO2. The van der Waals surface area contributed by atoms with Crippen molar-refractivity contribution in [3.05, 3.63) is 58.5 Å². The lowest BCUT2D eigenvalue weighted by Gasteiger charge is -2.35. The second-order valence-electron chi connectivity index (χ2n) is 8.41. The normalized spacial score (nSPS) is 25.6. The lowest BCUT2D eigenvalue weighted by Crippen LogP contribution is -2.44. The van der Waals surface area contributed by atoms with Crippen LogP contribution in [-0.2, 0) is 4.79 Å². The number of carbonyl (C=O) groups is 1. The molecule has 1 saturated carbocycles. The summed E-state index contributed by atoms with van der Waals surface area (Å²) in [6.45, 7) is 4.52. The van der Waals surface area contributed by atoms with Gasteiger partial charge in [-0.1, -0.05) is 38.0 Å². The van der Waals surface area contributed by atoms with Crippen molar-refractivity contribution in [3.8, 4) is 11.5 Å². The van der Waals surface area contributed by atoms with Gasteiger partial charge >= 0.3 is 0 Å². The minimum atomic E-state index is 0.0514. The van der Waals surface area contributed by atoms with E-state index in [9.17, 15) is 4.79 Å². The predicted octanol–water partition coefficient (Wildman–Crippen LogP) is 5.91. The number of thioether (sulfide) groups is 1. The Bertz CT molecular complexity index is 1060. The third-order valence-corrected chi connectivity index (χ3v) is 7.25. The van der Waals surface area contributed by atoms with Crippen LogP contribution in [-0.4, -0.2) is 28.8 Å². The number of carbonyl (C=O) groups excluding carboxylic acids is 1. The molecular formula is C25H26N2O3S. The summed E-state index contributed by atoms with van der Waals surface area (Å²) in [4.78, 5) is 21.1. The van der Waals surface area contributed by atoms with Crippen LogP contribution in [0.3, 0.4) is 0 Å². The molecule has 2 fully saturated rings. The molecule has 2 aromatic carbocycles. The van der Waals surface area contributed by atoms with Crippen LogP contribution in [0.1, 0.15) is 43.7 Å². The molecule has 0 N–H and O–H groups in total. The van der Waals surface area contributed by atoms with E-state index in [2.05, 4.69) is 6.92 Å². The summed E-state index contributed by atoms with van der Waals surface area (Å²) < 4.78 is 11.0. The molecule has 5 nitrogen and oxygen atoms in total. The topological polar surface area (TPSA) is 51.1 Å². The molecule has 2 heterocycles. The number of amidine groups is 1. The number of benzene rings is 2. The van der Waals surface area contributed by atoms with Crippen molar-refractivity contribution < 1.29 is 14.3 Å². The van der Waals surface area contributed by atoms with Crippen LogP contribution in [0.4, 0.5) is 5.69 Å². The van der Waals surface area contributed by atoms with Crippen molar-refractivity contribution in [2.75, 3.05) is 6.79 Å². The molecule has 0 aromatic heterocycles. The van der Waals surface area contributed by atoms with Crippen molar-refractivity contribution >= 4 is 34.6 Å². The van der Waals surface area contributed by atoms with Gasteiger partial charge in [0.1, 0.15) is 0 Å². The molecule has 1 aliphatic carbocycles. The number of hydrogen-bond acceptors (Lipinski definition) is 5. The van der Waals surface area contributed by atoms with E-state index in [-0.39, 0.29) is 18.7 Å². The van der Waals surface area contributed by atoms with Gasteiger partial charge in [0.15, 0.2) is 16.7 Å². The zero-order valence-electron chi connectivity index (χ0n) is 17.8. The van der Waals surface area contributed by atoms with E-state index in [1.54, 1.807) is 0 Å². The van der Waals surface area contributed by atoms with E-state index < -0.39 is 0 Å². The lowest BCUT2D eigenvalue weighted by atomic mass is 9.85. The monoisotopic (exact) mass is 434 g/mol. The third-order valence-electron chi connectivity index (χ3n) is 6.26. The Morgan fingerprint density at radius 3 is 2.61 bits per heavy atom. The Labute approximate surface area is 187 Å². The van der Waals surface area contributed by atoms with E-state index in [0.29, 0.717) is 10.8 Å². The highest BCUT2D eigenvalue weighted by atomic mass is 32.2. The van der Waals surface area contributed by atoms with Gasteiger partial charge in [-0.25, -0.2) is 4.99 Å². The van der Waals surface area contributed by atoms with Gasteiger partial charge in [0.2, 0.25) is 6.79 Å². The minimum Gasteiger partial charge on any atom is -0.454 e. The molecule has 5 rings (SSSR count). The molecule has 2 aliphatic heterocycles. The summed E-state index contributed by atoms with van der Waals surface area (Å²) in [7, 11) is 0. The molecule has 1 saturated heterocycles. The number of para-hydroxylation sites is 1. The highest BCUT2D eigenvalue weighted by Gasteiger charge is 2.41. The molecule has 6 heteroatoms. The molecule has 1 amide bonds. The standard InChI is InChI=1S/C25H26N2O3S/c1-16-8-6-7-11-20(16)27-24(28)23(31-25(27)26-19-9-4-3-5-10-19)14-18-13-22-21(12-17(18)2)29-15-30-22/h3-5,9-10,12-14,16,20H,6-8,11,15H2,1-2H3/b23-14-,26-25?/t16-,20+/m1/s1. The summed E-state index contributed by atoms with van der Waals surface area (Å²) in [6, 6.07) is 14.0. The summed E-state index contributed by atoms with van der Waals surface area (Å²) in [5.74, 6) is 2.00. The van der Waals surface area contributed by atoms with E-state index >= 15 is 0 Å². The number of ether oxygens (including phenoxy) is 2. The van der Waals surface area contributed by atoms with Crippen LogP contribution in [0, 0.1) is 12.8 Å². The molecule has 0 unspecified atom stereocenters. The van der Waals surface area contributed by atoms with Crippen LogP contribution in [0.2, 0.25) is 0 Å². The highest BCUT2D eigenvalue weighted by Crippen LogP contribution is 2.41. The Kier molecular flexibility index (Phi) is 5.48. The quantitative estimate of drug-likeness (QED) is 0.564. The van der Waals surface area contributed by atoms with Crippen molar-refractivity contribution in [2.24, 2.45) is 10.9 Å². The van der Waals surface area contributed by atoms with Gasteiger partial charge in [0.25, 0.3) is 5.91 Å². The first-order chi connectivity index (χ1) is 15.1. The summed E-state index contributed by atoms with van der Waals surface area (Å²) in [5, 5.41) is 0.777. The van der Waals surface area contributed by atoms with Gasteiger partial charge in [-0.3, -0.25) is 9.69 Å². The molecule has 2 atom stereocenters. The van der Waals surface area contributed by atoms with Crippen molar-refractivity contribution in [1.82, 2.24) is 4.90 Å². The van der Waals surface area contributed by atoms with Crippen molar-refractivity contribution in [1.29, 1.82) is 0 Å². The molecular weight excluding hydrogens is 408 g/mol. The average molecular weight is 435 g/mol. The van der Waals surface area contributed by atoms with Crippen LogP contribution >= 0.6 is 11.8 Å². The van der Waals surface area contributed by atoms with Crippen molar-refractivity contribution in [2.45, 2.75) is 45.6 Å². The van der Waals surface area contributed by atoms with Gasteiger partial charge < -0.3 is 9.47 Å². The fraction of sp³-hybridized carbons (Fsp3) is 0.360. The van der Waals surface area contributed by atoms with Gasteiger partial charge in [0, 0.05) is 6.04 Å². The molecule has 160 valence electrons. The highest BCUT2D eigenvalue weighted by molar-refractivity contribution is 8.18. The number of rotatable bonds is 3. The smallest absolute Gasteiger partial charge is 0.267 e. The largest absolute Gasteiger partial charge is 0.454 e. The average Bonchev–Trinajstić information content (AvgIpc) is 3.34. The summed E-state index contributed by atoms with van der Waals surface area (Å²) in [6.07, 6.45) is 6.54. The number of fused-ring (bicyclic) bond motifs is 1. The lowest BCUT2D eigenvalue weighted by molar-refractivity contribution is -0.124. The number of aliphatic imine (C=N–C) groups is 1. The molecule has 0 radical (unpaired) electrons. The Morgan fingerprint density at radius 2 is 1.84 bits per heavy atom. The second kappa shape index (κ2) is 8.42. The van der Waals surface area contributed by atoms with Gasteiger partial charge in [-0.2, -0.15) is 0 Å². The van der Waals surface area contributed by atoms with Crippen LogP contribution in [0.25, 0.3) is 6.08 Å². The zero-order valence-corrected chi connectivity index (χ0v) is 18.7. The molecule has 0 bridgehead atoms. The van der Waals surface area contributed by atoms with E-state index in [1.165, 1.54) is 18.2 Å². The maximum Gasteiger partial charge on any atom is 0.267 e.